The lowest BCUT2D eigenvalue weighted by atomic mass is 10.0. The number of fused-ring (bicyclic) bond motifs is 1. The van der Waals surface area contributed by atoms with Gasteiger partial charge in [-0.3, -0.25) is 0 Å². The molecule has 1 aromatic carbocycles. The molecule has 0 radical (unpaired) electrons. The van der Waals surface area contributed by atoms with Gasteiger partial charge in [0.2, 0.25) is 0 Å². The van der Waals surface area contributed by atoms with Gasteiger partial charge in [0, 0.05) is 25.2 Å². The first-order valence-corrected chi connectivity index (χ1v) is 8.54. The molecule has 2 aliphatic rings. The van der Waals surface area contributed by atoms with Gasteiger partial charge < -0.3 is 15.1 Å². The van der Waals surface area contributed by atoms with Crippen LogP contribution in [0.15, 0.2) is 18.2 Å². The van der Waals surface area contributed by atoms with Crippen LogP contribution in [0.3, 0.4) is 0 Å². The summed E-state index contributed by atoms with van der Waals surface area (Å²) in [4.78, 5) is 4.90. The van der Waals surface area contributed by atoms with Gasteiger partial charge in [0.05, 0.1) is 0 Å². The number of piperidine rings is 1. The number of halogens is 1. The zero-order valence-electron chi connectivity index (χ0n) is 13.8. The van der Waals surface area contributed by atoms with Crippen molar-refractivity contribution in [1.29, 1.82) is 0 Å². The molecule has 1 atom stereocenters. The molecule has 1 heterocycles. The average Bonchev–Trinajstić information content (AvgIpc) is 2.90. The van der Waals surface area contributed by atoms with Gasteiger partial charge in [-0.05, 0) is 76.1 Å². The van der Waals surface area contributed by atoms with Crippen LogP contribution in [0.4, 0.5) is 4.39 Å². The predicted molar refractivity (Wildman–Crippen MR) is 88.6 cm³/mol. The standard InChI is InChI=1S/C18H28FN3/c1-21(2)16-7-10-22(11-8-16)12-9-20-18-6-4-14-3-5-15(19)13-17(14)18/h3,5,13,16,18,20H,4,6-12H2,1-2H3/t18-/m0/s1. The Balaban J connectivity index is 1.43. The van der Waals surface area contributed by atoms with E-state index in [-0.39, 0.29) is 5.82 Å². The summed E-state index contributed by atoms with van der Waals surface area (Å²) in [5, 5.41) is 3.63. The zero-order valence-corrected chi connectivity index (χ0v) is 13.8. The molecule has 0 unspecified atom stereocenters. The first-order valence-electron chi connectivity index (χ1n) is 8.54. The lowest BCUT2D eigenvalue weighted by molar-refractivity contribution is 0.144. The van der Waals surface area contributed by atoms with E-state index in [1.165, 1.54) is 37.1 Å². The lowest BCUT2D eigenvalue weighted by Gasteiger charge is -2.35. The molecule has 0 aromatic heterocycles. The second-order valence-electron chi connectivity index (χ2n) is 6.92. The fourth-order valence-corrected chi connectivity index (χ4v) is 3.84. The highest BCUT2D eigenvalue weighted by atomic mass is 19.1. The topological polar surface area (TPSA) is 18.5 Å². The molecular weight excluding hydrogens is 277 g/mol. The van der Waals surface area contributed by atoms with Crippen molar-refractivity contribution in [3.8, 4) is 0 Å². The molecule has 3 rings (SSSR count). The van der Waals surface area contributed by atoms with Crippen molar-refractivity contribution < 1.29 is 4.39 Å². The van der Waals surface area contributed by atoms with Gasteiger partial charge in [0.15, 0.2) is 0 Å². The minimum absolute atomic E-state index is 0.113. The van der Waals surface area contributed by atoms with E-state index in [1.807, 2.05) is 6.07 Å². The summed E-state index contributed by atoms with van der Waals surface area (Å²) >= 11 is 0. The van der Waals surface area contributed by atoms with E-state index in [1.54, 1.807) is 12.1 Å². The van der Waals surface area contributed by atoms with E-state index >= 15 is 0 Å². The van der Waals surface area contributed by atoms with Gasteiger partial charge in [-0.15, -0.1) is 0 Å². The summed E-state index contributed by atoms with van der Waals surface area (Å²) in [6, 6.07) is 6.32. The molecule has 4 heteroatoms. The van der Waals surface area contributed by atoms with Gasteiger partial charge in [0.1, 0.15) is 5.82 Å². The van der Waals surface area contributed by atoms with E-state index in [0.717, 1.165) is 32.0 Å². The highest BCUT2D eigenvalue weighted by molar-refractivity contribution is 5.34. The van der Waals surface area contributed by atoms with Crippen molar-refractivity contribution in [2.45, 2.75) is 37.8 Å². The Labute approximate surface area is 133 Å². The average molecular weight is 305 g/mol. The molecule has 0 amide bonds. The van der Waals surface area contributed by atoms with Crippen LogP contribution in [0.1, 0.15) is 36.4 Å². The summed E-state index contributed by atoms with van der Waals surface area (Å²) in [7, 11) is 4.36. The quantitative estimate of drug-likeness (QED) is 0.901. The van der Waals surface area contributed by atoms with Crippen LogP contribution in [0, 0.1) is 5.82 Å². The van der Waals surface area contributed by atoms with Crippen molar-refractivity contribution in [3.63, 3.8) is 0 Å². The third-order valence-corrected chi connectivity index (χ3v) is 5.29. The summed E-state index contributed by atoms with van der Waals surface area (Å²) in [6.07, 6.45) is 4.71. The van der Waals surface area contributed by atoms with Crippen molar-refractivity contribution in [1.82, 2.24) is 15.1 Å². The lowest BCUT2D eigenvalue weighted by Crippen LogP contribution is -2.44. The van der Waals surface area contributed by atoms with Crippen molar-refractivity contribution in [3.05, 3.63) is 35.1 Å². The van der Waals surface area contributed by atoms with Gasteiger partial charge in [-0.2, -0.15) is 0 Å². The molecule has 1 aliphatic carbocycles. The fourth-order valence-electron chi connectivity index (χ4n) is 3.84. The van der Waals surface area contributed by atoms with Gasteiger partial charge in [0.25, 0.3) is 0 Å². The minimum atomic E-state index is -0.113. The Hall–Kier alpha value is -0.970. The maximum atomic E-state index is 13.4. The molecule has 1 aliphatic heterocycles. The predicted octanol–water partition coefficient (Wildman–Crippen LogP) is 2.43. The smallest absolute Gasteiger partial charge is 0.123 e. The summed E-state index contributed by atoms with van der Waals surface area (Å²) in [5.41, 5.74) is 2.48. The van der Waals surface area contributed by atoms with Crippen LogP contribution >= 0.6 is 0 Å². The Bertz CT molecular complexity index is 495. The highest BCUT2D eigenvalue weighted by Crippen LogP contribution is 2.31. The molecule has 0 saturated carbocycles. The van der Waals surface area contributed by atoms with E-state index in [0.29, 0.717) is 6.04 Å². The van der Waals surface area contributed by atoms with Crippen molar-refractivity contribution >= 4 is 0 Å². The number of benzene rings is 1. The number of nitrogens with zero attached hydrogens (tertiary/aromatic N) is 2. The van der Waals surface area contributed by atoms with Gasteiger partial charge in [-0.1, -0.05) is 6.07 Å². The molecule has 1 saturated heterocycles. The number of likely N-dealkylation sites (tertiary alicyclic amines) is 1. The van der Waals surface area contributed by atoms with Crippen molar-refractivity contribution in [2.24, 2.45) is 0 Å². The molecule has 0 spiro atoms. The molecule has 1 N–H and O–H groups in total. The van der Waals surface area contributed by atoms with Crippen LogP contribution in [0.5, 0.6) is 0 Å². The van der Waals surface area contributed by atoms with Crippen LogP contribution in [-0.4, -0.2) is 56.1 Å². The SMILES string of the molecule is CN(C)C1CCN(CCN[C@H]2CCc3ccc(F)cc32)CC1. The molecule has 3 nitrogen and oxygen atoms in total. The minimum Gasteiger partial charge on any atom is -0.309 e. The summed E-state index contributed by atoms with van der Waals surface area (Å²) in [6.45, 7) is 4.48. The molecule has 1 aromatic rings. The monoisotopic (exact) mass is 305 g/mol. The Morgan fingerprint density at radius 1 is 1.23 bits per heavy atom. The van der Waals surface area contributed by atoms with E-state index < -0.39 is 0 Å². The number of hydrogen-bond donors (Lipinski definition) is 1. The molecule has 0 bridgehead atoms. The van der Waals surface area contributed by atoms with E-state index in [9.17, 15) is 4.39 Å². The van der Waals surface area contributed by atoms with Crippen LogP contribution in [0.25, 0.3) is 0 Å². The van der Waals surface area contributed by atoms with E-state index in [2.05, 4.69) is 29.2 Å². The van der Waals surface area contributed by atoms with E-state index in [4.69, 9.17) is 0 Å². The number of nitrogens with one attached hydrogen (secondary N) is 1. The number of hydrogen-bond acceptors (Lipinski definition) is 3. The highest BCUT2D eigenvalue weighted by Gasteiger charge is 2.23. The van der Waals surface area contributed by atoms with Crippen LogP contribution in [-0.2, 0) is 6.42 Å². The Kier molecular flexibility index (Phi) is 5.11. The molecule has 1 fully saturated rings. The first kappa shape index (κ1) is 15.9. The fraction of sp³-hybridized carbons (Fsp3) is 0.667. The third-order valence-electron chi connectivity index (χ3n) is 5.29. The van der Waals surface area contributed by atoms with Gasteiger partial charge in [-0.25, -0.2) is 4.39 Å². The number of rotatable bonds is 5. The molecule has 122 valence electrons. The second kappa shape index (κ2) is 7.07. The maximum Gasteiger partial charge on any atom is 0.123 e. The van der Waals surface area contributed by atoms with Crippen molar-refractivity contribution in [2.75, 3.05) is 40.3 Å². The molecule has 22 heavy (non-hydrogen) atoms. The normalized spacial score (nSPS) is 23.2. The zero-order chi connectivity index (χ0) is 15.5. The Morgan fingerprint density at radius 2 is 2.00 bits per heavy atom. The first-order chi connectivity index (χ1) is 10.6. The number of aryl methyl sites for hydroxylation is 1. The Morgan fingerprint density at radius 3 is 2.73 bits per heavy atom. The summed E-state index contributed by atoms with van der Waals surface area (Å²) in [5.74, 6) is -0.113. The summed E-state index contributed by atoms with van der Waals surface area (Å²) < 4.78 is 13.4. The van der Waals surface area contributed by atoms with Crippen LogP contribution < -0.4 is 5.32 Å². The van der Waals surface area contributed by atoms with Crippen LogP contribution in [0.2, 0.25) is 0 Å². The van der Waals surface area contributed by atoms with Gasteiger partial charge >= 0.3 is 0 Å². The third kappa shape index (κ3) is 3.67. The largest absolute Gasteiger partial charge is 0.309 e. The molecular formula is C18H28FN3. The maximum absolute atomic E-state index is 13.4. The second-order valence-corrected chi connectivity index (χ2v) is 6.92.